The molecule has 2 aromatic rings. The first-order chi connectivity index (χ1) is 12.3. The highest BCUT2D eigenvalue weighted by atomic mass is 16.5. The van der Waals surface area contributed by atoms with E-state index in [-0.39, 0.29) is 23.2 Å². The summed E-state index contributed by atoms with van der Waals surface area (Å²) < 4.78 is 5.70. The van der Waals surface area contributed by atoms with Gasteiger partial charge in [-0.3, -0.25) is 4.79 Å². The van der Waals surface area contributed by atoms with Gasteiger partial charge in [0, 0.05) is 0 Å². The molecule has 0 amide bonds. The third-order valence-corrected chi connectivity index (χ3v) is 5.58. The molecule has 0 radical (unpaired) electrons. The highest BCUT2D eigenvalue weighted by Crippen LogP contribution is 2.59. The van der Waals surface area contributed by atoms with E-state index in [9.17, 15) is 4.79 Å². The van der Waals surface area contributed by atoms with Gasteiger partial charge >= 0.3 is 5.97 Å². The summed E-state index contributed by atoms with van der Waals surface area (Å²) in [5.41, 5.74) is 5.86. The van der Waals surface area contributed by atoms with Crippen molar-refractivity contribution in [3.8, 4) is 11.1 Å². The largest absolute Gasteiger partial charge is 0.461 e. The number of hydrogen-bond donors (Lipinski definition) is 0. The molecule has 0 N–H and O–H groups in total. The zero-order chi connectivity index (χ0) is 18.9. The van der Waals surface area contributed by atoms with Crippen LogP contribution in [0.1, 0.15) is 38.8 Å². The number of carbonyl (C=O) groups is 1. The highest BCUT2D eigenvalue weighted by Gasteiger charge is 2.61. The average molecular weight is 348 g/mol. The number of carbonyl (C=O) groups excluding carboxylic acids is 1. The molecule has 0 aliphatic heterocycles. The van der Waals surface area contributed by atoms with E-state index in [4.69, 9.17) is 4.74 Å². The SMILES string of the molecule is CC(C)=CC1C(C(=O)OCc2cccc(-c3ccccc3)c2C)C1(C)C. The van der Waals surface area contributed by atoms with Crippen LogP contribution < -0.4 is 0 Å². The number of hydrogen-bond acceptors (Lipinski definition) is 2. The van der Waals surface area contributed by atoms with Gasteiger partial charge in [0.25, 0.3) is 0 Å². The van der Waals surface area contributed by atoms with Crippen LogP contribution in [-0.4, -0.2) is 5.97 Å². The number of rotatable bonds is 5. The van der Waals surface area contributed by atoms with Crippen molar-refractivity contribution in [2.45, 2.75) is 41.2 Å². The second-order valence-corrected chi connectivity index (χ2v) is 8.13. The van der Waals surface area contributed by atoms with E-state index in [1.54, 1.807) is 0 Å². The first kappa shape index (κ1) is 18.4. The van der Waals surface area contributed by atoms with E-state index in [2.05, 4.69) is 58.9 Å². The maximum atomic E-state index is 12.6. The first-order valence-electron chi connectivity index (χ1n) is 9.28. The summed E-state index contributed by atoms with van der Waals surface area (Å²) in [4.78, 5) is 12.6. The Balaban J connectivity index is 1.71. The average Bonchev–Trinajstić information content (AvgIpc) is 3.14. The van der Waals surface area contributed by atoms with E-state index in [1.165, 1.54) is 22.3 Å². The smallest absolute Gasteiger partial charge is 0.310 e. The van der Waals surface area contributed by atoms with Gasteiger partial charge in [-0.1, -0.05) is 74.0 Å². The van der Waals surface area contributed by atoms with Crippen molar-refractivity contribution in [2.75, 3.05) is 0 Å². The Kier molecular flexibility index (Phi) is 5.04. The maximum Gasteiger partial charge on any atom is 0.310 e. The van der Waals surface area contributed by atoms with Gasteiger partial charge in [0.05, 0.1) is 5.92 Å². The van der Waals surface area contributed by atoms with Gasteiger partial charge in [-0.15, -0.1) is 0 Å². The van der Waals surface area contributed by atoms with E-state index < -0.39 is 0 Å². The highest BCUT2D eigenvalue weighted by molar-refractivity contribution is 5.78. The quantitative estimate of drug-likeness (QED) is 0.493. The van der Waals surface area contributed by atoms with Gasteiger partial charge in [0.15, 0.2) is 0 Å². The lowest BCUT2D eigenvalue weighted by Gasteiger charge is -2.12. The van der Waals surface area contributed by atoms with Crippen molar-refractivity contribution in [1.82, 2.24) is 0 Å². The van der Waals surface area contributed by atoms with Crippen LogP contribution in [0.15, 0.2) is 60.2 Å². The second-order valence-electron chi connectivity index (χ2n) is 8.13. The predicted molar refractivity (Wildman–Crippen MR) is 107 cm³/mol. The number of esters is 1. The predicted octanol–water partition coefficient (Wildman–Crippen LogP) is 5.94. The van der Waals surface area contributed by atoms with Gasteiger partial charge in [0.1, 0.15) is 6.61 Å². The summed E-state index contributed by atoms with van der Waals surface area (Å²) >= 11 is 0. The summed E-state index contributed by atoms with van der Waals surface area (Å²) in [6.45, 7) is 10.9. The van der Waals surface area contributed by atoms with E-state index in [1.807, 2.05) is 30.3 Å². The first-order valence-corrected chi connectivity index (χ1v) is 9.28. The van der Waals surface area contributed by atoms with Crippen molar-refractivity contribution < 1.29 is 9.53 Å². The van der Waals surface area contributed by atoms with Crippen LogP contribution in [0.4, 0.5) is 0 Å². The Morgan fingerprint density at radius 3 is 2.42 bits per heavy atom. The topological polar surface area (TPSA) is 26.3 Å². The lowest BCUT2D eigenvalue weighted by atomic mass is 9.97. The molecule has 0 bridgehead atoms. The van der Waals surface area contributed by atoms with Crippen molar-refractivity contribution in [2.24, 2.45) is 17.3 Å². The van der Waals surface area contributed by atoms with Gasteiger partial charge in [-0.2, -0.15) is 0 Å². The number of allylic oxidation sites excluding steroid dienone is 2. The molecule has 0 spiro atoms. The maximum absolute atomic E-state index is 12.6. The molecule has 136 valence electrons. The normalized spacial score (nSPS) is 20.3. The molecule has 1 aliphatic rings. The molecule has 0 heterocycles. The van der Waals surface area contributed by atoms with Gasteiger partial charge in [0.2, 0.25) is 0 Å². The fourth-order valence-electron chi connectivity index (χ4n) is 3.81. The molecule has 2 unspecified atom stereocenters. The minimum Gasteiger partial charge on any atom is -0.461 e. The minimum absolute atomic E-state index is 0.00468. The monoisotopic (exact) mass is 348 g/mol. The lowest BCUT2D eigenvalue weighted by Crippen LogP contribution is -2.11. The Morgan fingerprint density at radius 1 is 1.08 bits per heavy atom. The van der Waals surface area contributed by atoms with Crippen LogP contribution in [0.25, 0.3) is 11.1 Å². The van der Waals surface area contributed by atoms with Crippen molar-refractivity contribution in [1.29, 1.82) is 0 Å². The molecule has 2 nitrogen and oxygen atoms in total. The summed E-state index contributed by atoms with van der Waals surface area (Å²) in [6, 6.07) is 16.5. The summed E-state index contributed by atoms with van der Waals surface area (Å²) in [6.07, 6.45) is 2.20. The van der Waals surface area contributed by atoms with Crippen LogP contribution in [0.5, 0.6) is 0 Å². The van der Waals surface area contributed by atoms with Crippen molar-refractivity contribution in [3.05, 3.63) is 71.3 Å². The molecular weight excluding hydrogens is 320 g/mol. The lowest BCUT2D eigenvalue weighted by molar-refractivity contribution is -0.147. The van der Waals surface area contributed by atoms with Gasteiger partial charge < -0.3 is 4.74 Å². The van der Waals surface area contributed by atoms with Crippen LogP contribution in [0.2, 0.25) is 0 Å². The molecule has 2 heteroatoms. The summed E-state index contributed by atoms with van der Waals surface area (Å²) in [5, 5.41) is 0. The molecule has 2 aromatic carbocycles. The Hall–Kier alpha value is -2.35. The third-order valence-electron chi connectivity index (χ3n) is 5.58. The van der Waals surface area contributed by atoms with E-state index >= 15 is 0 Å². The van der Waals surface area contributed by atoms with Crippen molar-refractivity contribution >= 4 is 5.97 Å². The minimum atomic E-state index is -0.0815. The fourth-order valence-corrected chi connectivity index (χ4v) is 3.81. The summed E-state index contributed by atoms with van der Waals surface area (Å²) in [7, 11) is 0. The molecule has 26 heavy (non-hydrogen) atoms. The molecule has 0 saturated heterocycles. The molecule has 3 rings (SSSR count). The standard InChI is InChI=1S/C24H28O2/c1-16(2)14-21-22(24(21,4)5)23(25)26-15-19-12-9-13-20(17(19)3)18-10-7-6-8-11-18/h6-14,21-22H,15H2,1-5H3. The van der Waals surface area contributed by atoms with Crippen LogP contribution >= 0.6 is 0 Å². The Morgan fingerprint density at radius 2 is 1.77 bits per heavy atom. The number of benzene rings is 2. The Bertz CT molecular complexity index is 827. The molecule has 1 fully saturated rings. The van der Waals surface area contributed by atoms with E-state index in [0.717, 1.165) is 5.56 Å². The van der Waals surface area contributed by atoms with Crippen LogP contribution in [-0.2, 0) is 16.1 Å². The molecule has 2 atom stereocenters. The summed E-state index contributed by atoms with van der Waals surface area (Å²) in [5.74, 6) is 0.175. The van der Waals surface area contributed by atoms with Gasteiger partial charge in [-0.25, -0.2) is 0 Å². The number of ether oxygens (including phenoxy) is 1. The van der Waals surface area contributed by atoms with Crippen LogP contribution in [0.3, 0.4) is 0 Å². The van der Waals surface area contributed by atoms with E-state index in [0.29, 0.717) is 6.61 Å². The molecule has 1 saturated carbocycles. The molecular formula is C24H28O2. The zero-order valence-corrected chi connectivity index (χ0v) is 16.4. The molecule has 0 aromatic heterocycles. The third kappa shape index (κ3) is 3.60. The van der Waals surface area contributed by atoms with Crippen molar-refractivity contribution in [3.63, 3.8) is 0 Å². The molecule has 1 aliphatic carbocycles. The fraction of sp³-hybridized carbons (Fsp3) is 0.375. The second kappa shape index (κ2) is 7.11. The van der Waals surface area contributed by atoms with Gasteiger partial charge in [-0.05, 0) is 54.4 Å². The Labute approximate surface area is 156 Å². The van der Waals surface area contributed by atoms with Crippen LogP contribution in [0, 0.1) is 24.2 Å². The zero-order valence-electron chi connectivity index (χ0n) is 16.4.